The highest BCUT2D eigenvalue weighted by Crippen LogP contribution is 2.28. The maximum absolute atomic E-state index is 12.2. The van der Waals surface area contributed by atoms with E-state index >= 15 is 0 Å². The van der Waals surface area contributed by atoms with Crippen LogP contribution in [-0.2, 0) is 14.8 Å². The molecule has 0 saturated heterocycles. The summed E-state index contributed by atoms with van der Waals surface area (Å²) in [6, 6.07) is 9.20. The Bertz CT molecular complexity index is 1040. The Labute approximate surface area is 174 Å². The van der Waals surface area contributed by atoms with Crippen molar-refractivity contribution in [1.82, 2.24) is 0 Å². The number of nitrogens with one attached hydrogen (secondary N) is 1. The molecule has 0 aliphatic carbocycles. The fraction of sp³-hybridized carbons (Fsp3) is 0.316. The summed E-state index contributed by atoms with van der Waals surface area (Å²) in [5.41, 5.74) is 2.06. The van der Waals surface area contributed by atoms with Gasteiger partial charge in [0, 0.05) is 35.8 Å². The summed E-state index contributed by atoms with van der Waals surface area (Å²) in [4.78, 5) is 22.6. The van der Waals surface area contributed by atoms with E-state index in [4.69, 9.17) is 11.6 Å². The summed E-state index contributed by atoms with van der Waals surface area (Å²) in [7, 11) is -3.69. The lowest BCUT2D eigenvalue weighted by Gasteiger charge is -2.24. The van der Waals surface area contributed by atoms with Gasteiger partial charge >= 0.3 is 0 Å². The molecule has 0 heterocycles. The van der Waals surface area contributed by atoms with Gasteiger partial charge in [0.25, 0.3) is 5.69 Å². The molecule has 0 bridgehead atoms. The third-order valence-corrected chi connectivity index (χ3v) is 5.88. The second-order valence-electron chi connectivity index (χ2n) is 6.68. The predicted molar refractivity (Wildman–Crippen MR) is 114 cm³/mol. The molecule has 0 atom stereocenters. The summed E-state index contributed by atoms with van der Waals surface area (Å²) >= 11 is 6.04. The van der Waals surface area contributed by atoms with E-state index in [1.54, 1.807) is 25.1 Å². The molecule has 0 saturated carbocycles. The summed E-state index contributed by atoms with van der Waals surface area (Å²) in [6.07, 6.45) is 1.34. The molecule has 0 spiro atoms. The zero-order chi connectivity index (χ0) is 21.8. The summed E-state index contributed by atoms with van der Waals surface area (Å²) in [6.45, 7) is 3.54. The minimum atomic E-state index is -3.69. The highest BCUT2D eigenvalue weighted by atomic mass is 35.5. The van der Waals surface area contributed by atoms with Gasteiger partial charge in [-0.15, -0.1) is 0 Å². The molecule has 0 aliphatic heterocycles. The number of hydrogen-bond donors (Lipinski definition) is 1. The van der Waals surface area contributed by atoms with Gasteiger partial charge in [0.2, 0.25) is 15.9 Å². The number of amides is 1. The molecule has 0 unspecified atom stereocenters. The predicted octanol–water partition coefficient (Wildman–Crippen LogP) is 4.05. The molecule has 10 heteroatoms. The monoisotopic (exact) mass is 439 g/mol. The number of carbonyl (C=O) groups is 1. The first kappa shape index (κ1) is 22.6. The molecular formula is C19H22ClN3O5S. The van der Waals surface area contributed by atoms with Gasteiger partial charge in [-0.2, -0.15) is 0 Å². The van der Waals surface area contributed by atoms with Crippen molar-refractivity contribution in [2.45, 2.75) is 26.7 Å². The lowest BCUT2D eigenvalue weighted by atomic mass is 10.1. The maximum Gasteiger partial charge on any atom is 0.271 e. The molecule has 0 fully saturated rings. The standard InChI is InChI=1S/C19H22ClN3O5S/c1-13-6-8-15(11-17(13)20)21-19(24)5-4-10-22(29(3,27)28)18-12-16(23(25)26)9-7-14(18)2/h6-9,11-12H,4-5,10H2,1-3H3,(H,21,24). The van der Waals surface area contributed by atoms with E-state index in [1.807, 2.05) is 6.92 Å². The van der Waals surface area contributed by atoms with Crippen LogP contribution in [0.1, 0.15) is 24.0 Å². The van der Waals surface area contributed by atoms with Gasteiger partial charge in [-0.1, -0.05) is 23.7 Å². The molecule has 0 aromatic heterocycles. The Hall–Kier alpha value is -2.65. The molecule has 2 rings (SSSR count). The first-order chi connectivity index (χ1) is 13.5. The van der Waals surface area contributed by atoms with Crippen molar-refractivity contribution < 1.29 is 18.1 Å². The van der Waals surface area contributed by atoms with Crippen molar-refractivity contribution in [3.05, 3.63) is 62.7 Å². The van der Waals surface area contributed by atoms with Crippen LogP contribution in [-0.4, -0.2) is 32.0 Å². The lowest BCUT2D eigenvalue weighted by molar-refractivity contribution is -0.384. The van der Waals surface area contributed by atoms with Crippen molar-refractivity contribution >= 4 is 44.6 Å². The van der Waals surface area contributed by atoms with Crippen molar-refractivity contribution in [1.29, 1.82) is 0 Å². The highest BCUT2D eigenvalue weighted by Gasteiger charge is 2.22. The quantitative estimate of drug-likeness (QED) is 0.492. The number of halogens is 1. The van der Waals surface area contributed by atoms with Crippen LogP contribution in [0.2, 0.25) is 5.02 Å². The molecule has 156 valence electrons. The van der Waals surface area contributed by atoms with E-state index in [-0.39, 0.29) is 36.7 Å². The SMILES string of the molecule is Cc1ccc(NC(=O)CCCN(c2cc([N+](=O)[O-])ccc2C)S(C)(=O)=O)cc1Cl. The first-order valence-corrected chi connectivity index (χ1v) is 11.0. The van der Waals surface area contributed by atoms with Crippen LogP contribution < -0.4 is 9.62 Å². The van der Waals surface area contributed by atoms with Crippen LogP contribution in [0.15, 0.2) is 36.4 Å². The van der Waals surface area contributed by atoms with E-state index in [0.717, 1.165) is 16.1 Å². The molecule has 29 heavy (non-hydrogen) atoms. The zero-order valence-corrected chi connectivity index (χ0v) is 17.9. The average molecular weight is 440 g/mol. The van der Waals surface area contributed by atoms with Crippen LogP contribution >= 0.6 is 11.6 Å². The number of aryl methyl sites for hydroxylation is 2. The number of anilines is 2. The number of nitro groups is 1. The van der Waals surface area contributed by atoms with Crippen molar-refractivity contribution in [3.63, 3.8) is 0 Å². The van der Waals surface area contributed by atoms with Gasteiger partial charge in [-0.3, -0.25) is 19.2 Å². The van der Waals surface area contributed by atoms with Gasteiger partial charge in [0.15, 0.2) is 0 Å². The molecule has 2 aromatic rings. The Kier molecular flexibility index (Phi) is 7.21. The third-order valence-electron chi connectivity index (χ3n) is 4.29. The smallest absolute Gasteiger partial charge is 0.271 e. The minimum absolute atomic E-state index is 0.0168. The van der Waals surface area contributed by atoms with Crippen molar-refractivity contribution in [2.24, 2.45) is 0 Å². The van der Waals surface area contributed by atoms with E-state index in [2.05, 4.69) is 5.32 Å². The molecule has 8 nitrogen and oxygen atoms in total. The summed E-state index contributed by atoms with van der Waals surface area (Å²) in [5, 5.41) is 14.3. The van der Waals surface area contributed by atoms with Crippen LogP contribution in [0, 0.1) is 24.0 Å². The minimum Gasteiger partial charge on any atom is -0.326 e. The normalized spacial score (nSPS) is 11.2. The topological polar surface area (TPSA) is 110 Å². The second kappa shape index (κ2) is 9.23. The number of nitro benzene ring substituents is 1. The fourth-order valence-electron chi connectivity index (χ4n) is 2.72. The van der Waals surface area contributed by atoms with Crippen LogP contribution in [0.5, 0.6) is 0 Å². The maximum atomic E-state index is 12.2. The second-order valence-corrected chi connectivity index (χ2v) is 8.99. The van der Waals surface area contributed by atoms with Gasteiger partial charge in [-0.05, 0) is 43.5 Å². The highest BCUT2D eigenvalue weighted by molar-refractivity contribution is 7.92. The number of rotatable bonds is 8. The number of carbonyl (C=O) groups excluding carboxylic acids is 1. The van der Waals surface area contributed by atoms with Gasteiger partial charge < -0.3 is 5.32 Å². The fourth-order valence-corrected chi connectivity index (χ4v) is 3.92. The number of non-ortho nitro benzene ring substituents is 1. The van der Waals surface area contributed by atoms with Gasteiger partial charge in [0.1, 0.15) is 0 Å². The van der Waals surface area contributed by atoms with Gasteiger partial charge in [0.05, 0.1) is 16.9 Å². The van der Waals surface area contributed by atoms with Crippen molar-refractivity contribution in [3.8, 4) is 0 Å². The summed E-state index contributed by atoms with van der Waals surface area (Å²) < 4.78 is 25.6. The third kappa shape index (κ3) is 6.16. The lowest BCUT2D eigenvalue weighted by Crippen LogP contribution is -2.32. The van der Waals surface area contributed by atoms with Crippen LogP contribution in [0.3, 0.4) is 0 Å². The average Bonchev–Trinajstić information content (AvgIpc) is 2.61. The Morgan fingerprint density at radius 3 is 2.41 bits per heavy atom. The molecule has 2 aromatic carbocycles. The molecule has 0 aliphatic rings. The number of nitrogens with zero attached hydrogens (tertiary/aromatic N) is 2. The number of benzene rings is 2. The number of sulfonamides is 1. The molecular weight excluding hydrogens is 418 g/mol. The van der Waals surface area contributed by atoms with Gasteiger partial charge in [-0.25, -0.2) is 8.42 Å². The Morgan fingerprint density at radius 2 is 1.83 bits per heavy atom. The summed E-state index contributed by atoms with van der Waals surface area (Å²) in [5.74, 6) is -0.283. The van der Waals surface area contributed by atoms with Crippen LogP contribution in [0.4, 0.5) is 17.1 Å². The van der Waals surface area contributed by atoms with E-state index in [1.165, 1.54) is 18.2 Å². The zero-order valence-electron chi connectivity index (χ0n) is 16.3. The Morgan fingerprint density at radius 1 is 1.17 bits per heavy atom. The molecule has 1 amide bonds. The largest absolute Gasteiger partial charge is 0.326 e. The Balaban J connectivity index is 2.08. The van der Waals surface area contributed by atoms with E-state index in [0.29, 0.717) is 16.3 Å². The first-order valence-electron chi connectivity index (χ1n) is 8.78. The number of hydrogen-bond acceptors (Lipinski definition) is 5. The molecule has 0 radical (unpaired) electrons. The van der Waals surface area contributed by atoms with E-state index in [9.17, 15) is 23.3 Å². The van der Waals surface area contributed by atoms with Crippen LogP contribution in [0.25, 0.3) is 0 Å². The molecule has 1 N–H and O–H groups in total. The van der Waals surface area contributed by atoms with Crippen molar-refractivity contribution in [2.75, 3.05) is 22.4 Å². The van der Waals surface area contributed by atoms with E-state index < -0.39 is 14.9 Å².